The van der Waals surface area contributed by atoms with Crippen molar-refractivity contribution in [1.82, 2.24) is 9.97 Å². The second-order valence-corrected chi connectivity index (χ2v) is 4.35. The third kappa shape index (κ3) is 1.23. The number of hydrogen-bond donors (Lipinski definition) is 0. The molecule has 1 aliphatic heterocycles. The minimum atomic E-state index is 1.01. The van der Waals surface area contributed by atoms with E-state index >= 15 is 0 Å². The smallest absolute Gasteiger partial charge is 0.0723 e. The number of pyridine rings is 1. The fourth-order valence-corrected chi connectivity index (χ4v) is 2.50. The first-order valence-corrected chi connectivity index (χ1v) is 5.96. The van der Waals surface area contributed by atoms with E-state index in [0.717, 1.165) is 22.1 Å². The van der Waals surface area contributed by atoms with Gasteiger partial charge in [-0.1, -0.05) is 30.3 Å². The predicted octanol–water partition coefficient (Wildman–Crippen LogP) is 3.89. The number of para-hydroxylation sites is 1. The van der Waals surface area contributed by atoms with Crippen molar-refractivity contribution in [3.8, 4) is 11.3 Å². The lowest BCUT2D eigenvalue weighted by Gasteiger charge is -1.97. The number of fused-ring (bicyclic) bond motifs is 5. The molecule has 0 saturated carbocycles. The van der Waals surface area contributed by atoms with E-state index in [1.54, 1.807) is 0 Å². The van der Waals surface area contributed by atoms with Crippen molar-refractivity contribution in [3.05, 3.63) is 60.8 Å². The SMILES string of the molecule is c1cc2nc3ccccc3c-2c2cccnc2c1. The molecule has 4 rings (SSSR count). The van der Waals surface area contributed by atoms with Gasteiger partial charge in [0.25, 0.3) is 0 Å². The van der Waals surface area contributed by atoms with E-state index in [1.165, 1.54) is 10.9 Å². The van der Waals surface area contributed by atoms with Gasteiger partial charge in [-0.25, -0.2) is 4.98 Å². The summed E-state index contributed by atoms with van der Waals surface area (Å²) in [5.74, 6) is 0. The minimum absolute atomic E-state index is 1.01. The number of aromatic nitrogens is 2. The molecule has 18 heavy (non-hydrogen) atoms. The van der Waals surface area contributed by atoms with Crippen molar-refractivity contribution < 1.29 is 0 Å². The Morgan fingerprint density at radius 2 is 1.44 bits per heavy atom. The summed E-state index contributed by atoms with van der Waals surface area (Å²) in [6.45, 7) is 0. The molecule has 2 aliphatic rings. The first-order chi connectivity index (χ1) is 8.93. The number of benzene rings is 1. The van der Waals surface area contributed by atoms with Gasteiger partial charge in [-0.05, 0) is 24.3 Å². The maximum Gasteiger partial charge on any atom is 0.0723 e. The van der Waals surface area contributed by atoms with Crippen LogP contribution in [0.15, 0.2) is 60.8 Å². The van der Waals surface area contributed by atoms with E-state index in [1.807, 2.05) is 30.5 Å². The summed E-state index contributed by atoms with van der Waals surface area (Å²) < 4.78 is 0. The lowest BCUT2D eigenvalue weighted by atomic mass is 10.1. The molecule has 0 radical (unpaired) electrons. The number of rotatable bonds is 0. The van der Waals surface area contributed by atoms with Crippen molar-refractivity contribution in [2.75, 3.05) is 0 Å². The summed E-state index contributed by atoms with van der Waals surface area (Å²) in [5, 5.41) is 2.35. The summed E-state index contributed by atoms with van der Waals surface area (Å²) in [6, 6.07) is 18.4. The third-order valence-electron chi connectivity index (χ3n) is 3.29. The molecular formula is C16H10N2. The van der Waals surface area contributed by atoms with Gasteiger partial charge >= 0.3 is 0 Å². The molecule has 0 N–H and O–H groups in total. The Hall–Kier alpha value is -2.48. The van der Waals surface area contributed by atoms with Gasteiger partial charge < -0.3 is 0 Å². The minimum Gasteiger partial charge on any atom is -0.256 e. The number of hydrogen-bond acceptors (Lipinski definition) is 2. The molecule has 0 atom stereocenters. The van der Waals surface area contributed by atoms with Crippen LogP contribution < -0.4 is 0 Å². The Morgan fingerprint density at radius 1 is 0.667 bits per heavy atom. The molecule has 2 heterocycles. The molecule has 1 aromatic heterocycles. The molecule has 0 saturated heterocycles. The highest BCUT2D eigenvalue weighted by Crippen LogP contribution is 2.35. The second kappa shape index (κ2) is 3.50. The van der Waals surface area contributed by atoms with Crippen LogP contribution in [0.2, 0.25) is 0 Å². The topological polar surface area (TPSA) is 25.8 Å². The van der Waals surface area contributed by atoms with Crippen LogP contribution in [0.3, 0.4) is 0 Å². The molecule has 0 bridgehead atoms. The fourth-order valence-electron chi connectivity index (χ4n) is 2.50. The third-order valence-corrected chi connectivity index (χ3v) is 3.29. The monoisotopic (exact) mass is 230 g/mol. The van der Waals surface area contributed by atoms with Crippen molar-refractivity contribution in [2.45, 2.75) is 0 Å². The van der Waals surface area contributed by atoms with E-state index < -0.39 is 0 Å². The highest BCUT2D eigenvalue weighted by Gasteiger charge is 2.13. The standard InChI is InChI=1S/C16H10N2/c1-2-7-14-12(5-1)16-11-6-4-10-17-13(11)8-3-9-15(16)18-14/h1-10H. The molecule has 0 unspecified atom stereocenters. The molecule has 84 valence electrons. The van der Waals surface area contributed by atoms with E-state index in [4.69, 9.17) is 0 Å². The Bertz CT molecular complexity index is 836. The van der Waals surface area contributed by atoms with Gasteiger partial charge in [0.05, 0.1) is 16.7 Å². The molecule has 0 spiro atoms. The lowest BCUT2D eigenvalue weighted by Crippen LogP contribution is -1.76. The van der Waals surface area contributed by atoms with Crippen LogP contribution in [0.1, 0.15) is 0 Å². The number of nitrogens with zero attached hydrogens (tertiary/aromatic N) is 2. The molecule has 1 aliphatic carbocycles. The molecule has 1 aromatic carbocycles. The van der Waals surface area contributed by atoms with Crippen molar-refractivity contribution in [2.24, 2.45) is 0 Å². The van der Waals surface area contributed by atoms with Gasteiger partial charge in [0.15, 0.2) is 0 Å². The Morgan fingerprint density at radius 3 is 2.44 bits per heavy atom. The van der Waals surface area contributed by atoms with Gasteiger partial charge in [-0.15, -0.1) is 0 Å². The van der Waals surface area contributed by atoms with Gasteiger partial charge in [0, 0.05) is 22.5 Å². The van der Waals surface area contributed by atoms with E-state index in [-0.39, 0.29) is 0 Å². The first-order valence-electron chi connectivity index (χ1n) is 5.96. The second-order valence-electron chi connectivity index (χ2n) is 4.35. The summed E-state index contributed by atoms with van der Waals surface area (Å²) in [6.07, 6.45) is 1.83. The Labute approximate surface area is 104 Å². The molecule has 2 aromatic rings. The zero-order valence-electron chi connectivity index (χ0n) is 9.67. The van der Waals surface area contributed by atoms with Gasteiger partial charge in [-0.2, -0.15) is 0 Å². The molecular weight excluding hydrogens is 220 g/mol. The largest absolute Gasteiger partial charge is 0.256 e. The molecule has 2 nitrogen and oxygen atoms in total. The Kier molecular flexibility index (Phi) is 1.86. The molecule has 0 fully saturated rings. The first kappa shape index (κ1) is 9.54. The quantitative estimate of drug-likeness (QED) is 0.458. The highest BCUT2D eigenvalue weighted by molar-refractivity contribution is 6.08. The summed E-state index contributed by atoms with van der Waals surface area (Å²) in [4.78, 5) is 9.11. The van der Waals surface area contributed by atoms with Crippen LogP contribution in [-0.4, -0.2) is 9.97 Å². The zero-order valence-corrected chi connectivity index (χ0v) is 9.67. The van der Waals surface area contributed by atoms with Crippen molar-refractivity contribution in [1.29, 1.82) is 0 Å². The van der Waals surface area contributed by atoms with Crippen LogP contribution >= 0.6 is 0 Å². The summed E-state index contributed by atoms with van der Waals surface area (Å²) in [7, 11) is 0. The van der Waals surface area contributed by atoms with Gasteiger partial charge in [0.2, 0.25) is 0 Å². The van der Waals surface area contributed by atoms with Crippen molar-refractivity contribution >= 4 is 21.8 Å². The normalized spacial score (nSPS) is 11.3. The lowest BCUT2D eigenvalue weighted by molar-refractivity contribution is 1.42. The van der Waals surface area contributed by atoms with Crippen LogP contribution in [-0.2, 0) is 0 Å². The van der Waals surface area contributed by atoms with E-state index in [2.05, 4.69) is 40.3 Å². The van der Waals surface area contributed by atoms with Crippen molar-refractivity contribution in [3.63, 3.8) is 0 Å². The van der Waals surface area contributed by atoms with Crippen LogP contribution in [0.5, 0.6) is 0 Å². The van der Waals surface area contributed by atoms with E-state index in [9.17, 15) is 0 Å². The zero-order chi connectivity index (χ0) is 11.9. The average Bonchev–Trinajstić information content (AvgIpc) is 2.68. The fraction of sp³-hybridized carbons (Fsp3) is 0. The Balaban J connectivity index is 2.33. The summed E-state index contributed by atoms with van der Waals surface area (Å²) in [5.41, 5.74) is 4.27. The van der Waals surface area contributed by atoms with Gasteiger partial charge in [0.1, 0.15) is 0 Å². The summed E-state index contributed by atoms with van der Waals surface area (Å²) >= 11 is 0. The maximum atomic E-state index is 4.68. The van der Waals surface area contributed by atoms with Gasteiger partial charge in [-0.3, -0.25) is 4.98 Å². The molecule has 0 amide bonds. The highest BCUT2D eigenvalue weighted by atomic mass is 14.7. The van der Waals surface area contributed by atoms with Crippen LogP contribution in [0.4, 0.5) is 0 Å². The maximum absolute atomic E-state index is 4.68. The molecule has 2 heteroatoms. The van der Waals surface area contributed by atoms with E-state index in [0.29, 0.717) is 0 Å². The van der Waals surface area contributed by atoms with Crippen LogP contribution in [0.25, 0.3) is 33.1 Å². The van der Waals surface area contributed by atoms with Crippen LogP contribution in [0, 0.1) is 0 Å². The predicted molar refractivity (Wildman–Crippen MR) is 73.7 cm³/mol. The average molecular weight is 230 g/mol.